The highest BCUT2D eigenvalue weighted by atomic mass is 32.1. The van der Waals surface area contributed by atoms with Crippen molar-refractivity contribution in [3.8, 4) is 0 Å². The molecule has 0 aliphatic carbocycles. The summed E-state index contributed by atoms with van der Waals surface area (Å²) in [7, 11) is 0. The zero-order valence-corrected chi connectivity index (χ0v) is 12.6. The predicted octanol–water partition coefficient (Wildman–Crippen LogP) is 3.23. The van der Waals surface area contributed by atoms with E-state index in [4.69, 9.17) is 4.74 Å². The zero-order valence-electron chi connectivity index (χ0n) is 11.8. The normalized spacial score (nSPS) is 25.6. The summed E-state index contributed by atoms with van der Waals surface area (Å²) in [6.07, 6.45) is 2.76. The molecule has 18 heavy (non-hydrogen) atoms. The van der Waals surface area contributed by atoms with Crippen LogP contribution in [0.5, 0.6) is 0 Å². The Morgan fingerprint density at radius 2 is 2.28 bits per heavy atom. The van der Waals surface area contributed by atoms with Crippen LogP contribution < -0.4 is 5.32 Å². The molecule has 1 N–H and O–H groups in total. The van der Waals surface area contributed by atoms with E-state index in [0.29, 0.717) is 18.1 Å². The summed E-state index contributed by atoms with van der Waals surface area (Å²) in [6.45, 7) is 10.6. The minimum absolute atomic E-state index is 0.341. The molecule has 0 saturated carbocycles. The first-order valence-corrected chi connectivity index (χ1v) is 7.72. The quantitative estimate of drug-likeness (QED) is 0.890. The maximum Gasteiger partial charge on any atom is 0.0900 e. The van der Waals surface area contributed by atoms with Crippen molar-refractivity contribution in [2.75, 3.05) is 13.2 Å². The first-order valence-electron chi connectivity index (χ1n) is 6.90. The summed E-state index contributed by atoms with van der Waals surface area (Å²) in [5.41, 5.74) is 1.21. The van der Waals surface area contributed by atoms with Gasteiger partial charge in [-0.25, -0.2) is 4.98 Å². The van der Waals surface area contributed by atoms with Gasteiger partial charge in [0, 0.05) is 24.1 Å². The average molecular weight is 268 g/mol. The second-order valence-corrected chi connectivity index (χ2v) is 6.58. The van der Waals surface area contributed by atoms with Crippen molar-refractivity contribution in [3.05, 3.63) is 15.6 Å². The van der Waals surface area contributed by atoms with E-state index in [1.807, 2.05) is 0 Å². The minimum Gasteiger partial charge on any atom is -0.378 e. The highest BCUT2D eigenvalue weighted by molar-refractivity contribution is 7.11. The van der Waals surface area contributed by atoms with Gasteiger partial charge in [-0.2, -0.15) is 0 Å². The minimum atomic E-state index is 0.341. The van der Waals surface area contributed by atoms with Gasteiger partial charge in [-0.3, -0.25) is 0 Å². The Morgan fingerprint density at radius 1 is 1.50 bits per heavy atom. The standard InChI is InChI=1S/C14H24N2OS/c1-5-13-12(6-7-17-13)8-15-9(2)14-10(3)18-11(4)16-14/h9,12-13,15H,5-8H2,1-4H3. The molecular formula is C14H24N2OS. The Bertz CT molecular complexity index is 391. The Labute approximate surface area is 114 Å². The predicted molar refractivity (Wildman–Crippen MR) is 76.1 cm³/mol. The Kier molecular flexibility index (Phi) is 4.76. The van der Waals surface area contributed by atoms with E-state index in [1.165, 1.54) is 17.0 Å². The third-order valence-electron chi connectivity index (χ3n) is 3.78. The molecule has 4 heteroatoms. The molecule has 1 aliphatic rings. The third-order valence-corrected chi connectivity index (χ3v) is 4.69. The summed E-state index contributed by atoms with van der Waals surface area (Å²) in [5.74, 6) is 0.664. The lowest BCUT2D eigenvalue weighted by Gasteiger charge is -2.20. The summed E-state index contributed by atoms with van der Waals surface area (Å²) >= 11 is 1.78. The van der Waals surface area contributed by atoms with E-state index in [9.17, 15) is 0 Å². The fourth-order valence-electron chi connectivity index (χ4n) is 2.75. The number of nitrogens with zero attached hydrogens (tertiary/aromatic N) is 1. The SMILES string of the molecule is CCC1OCCC1CNC(C)c1nc(C)sc1C. The smallest absolute Gasteiger partial charge is 0.0900 e. The monoisotopic (exact) mass is 268 g/mol. The van der Waals surface area contributed by atoms with Crippen molar-refractivity contribution in [2.45, 2.75) is 52.7 Å². The first kappa shape index (κ1) is 14.0. The molecule has 2 rings (SSSR count). The summed E-state index contributed by atoms with van der Waals surface area (Å²) in [5, 5.41) is 4.78. The molecule has 3 atom stereocenters. The van der Waals surface area contributed by atoms with E-state index >= 15 is 0 Å². The lowest BCUT2D eigenvalue weighted by atomic mass is 9.99. The van der Waals surface area contributed by atoms with Crippen LogP contribution in [0.3, 0.4) is 0 Å². The van der Waals surface area contributed by atoms with E-state index < -0.39 is 0 Å². The van der Waals surface area contributed by atoms with Crippen molar-refractivity contribution in [1.82, 2.24) is 10.3 Å². The lowest BCUT2D eigenvalue weighted by molar-refractivity contribution is 0.0867. The number of ether oxygens (including phenoxy) is 1. The molecule has 0 spiro atoms. The van der Waals surface area contributed by atoms with Crippen molar-refractivity contribution < 1.29 is 4.74 Å². The van der Waals surface area contributed by atoms with E-state index in [0.717, 1.165) is 24.6 Å². The largest absolute Gasteiger partial charge is 0.378 e. The molecule has 0 radical (unpaired) electrons. The molecule has 3 unspecified atom stereocenters. The fourth-order valence-corrected chi connectivity index (χ4v) is 3.66. The first-order chi connectivity index (χ1) is 8.61. The van der Waals surface area contributed by atoms with Gasteiger partial charge < -0.3 is 10.1 Å². The number of hydrogen-bond acceptors (Lipinski definition) is 4. The van der Waals surface area contributed by atoms with Gasteiger partial charge in [-0.15, -0.1) is 11.3 Å². The second-order valence-electron chi connectivity index (χ2n) is 5.17. The van der Waals surface area contributed by atoms with Crippen molar-refractivity contribution in [3.63, 3.8) is 0 Å². The van der Waals surface area contributed by atoms with Gasteiger partial charge in [-0.05, 0) is 39.5 Å². The summed E-state index contributed by atoms with van der Waals surface area (Å²) in [6, 6.07) is 0.341. The van der Waals surface area contributed by atoms with Crippen LogP contribution in [0.25, 0.3) is 0 Å². The van der Waals surface area contributed by atoms with Crippen LogP contribution in [-0.2, 0) is 4.74 Å². The number of thiazole rings is 1. The molecule has 0 bridgehead atoms. The summed E-state index contributed by atoms with van der Waals surface area (Å²) < 4.78 is 5.73. The van der Waals surface area contributed by atoms with Crippen LogP contribution in [0.2, 0.25) is 0 Å². The molecule has 0 amide bonds. The van der Waals surface area contributed by atoms with Crippen molar-refractivity contribution in [2.24, 2.45) is 5.92 Å². The topological polar surface area (TPSA) is 34.1 Å². The molecule has 1 aromatic rings. The van der Waals surface area contributed by atoms with Crippen molar-refractivity contribution >= 4 is 11.3 Å². The molecule has 3 nitrogen and oxygen atoms in total. The lowest BCUT2D eigenvalue weighted by Crippen LogP contribution is -2.30. The number of aromatic nitrogens is 1. The Balaban J connectivity index is 1.88. The number of nitrogens with one attached hydrogen (secondary N) is 1. The van der Waals surface area contributed by atoms with Crippen LogP contribution in [0.15, 0.2) is 0 Å². The molecule has 102 valence electrons. The van der Waals surface area contributed by atoms with Gasteiger partial charge in [-0.1, -0.05) is 6.92 Å². The van der Waals surface area contributed by atoms with Gasteiger partial charge in [0.2, 0.25) is 0 Å². The third kappa shape index (κ3) is 3.11. The number of rotatable bonds is 5. The van der Waals surface area contributed by atoms with Gasteiger partial charge >= 0.3 is 0 Å². The molecule has 1 fully saturated rings. The molecular weight excluding hydrogens is 244 g/mol. The van der Waals surface area contributed by atoms with Gasteiger partial charge in [0.25, 0.3) is 0 Å². The fraction of sp³-hybridized carbons (Fsp3) is 0.786. The molecule has 1 aromatic heterocycles. The maximum atomic E-state index is 5.73. The average Bonchev–Trinajstić information content (AvgIpc) is 2.92. The molecule has 0 aromatic carbocycles. The van der Waals surface area contributed by atoms with Gasteiger partial charge in [0.15, 0.2) is 0 Å². The van der Waals surface area contributed by atoms with Crippen LogP contribution in [0.4, 0.5) is 0 Å². The van der Waals surface area contributed by atoms with Crippen molar-refractivity contribution in [1.29, 1.82) is 0 Å². The van der Waals surface area contributed by atoms with E-state index in [-0.39, 0.29) is 0 Å². The van der Waals surface area contributed by atoms with E-state index in [1.54, 1.807) is 11.3 Å². The molecule has 1 saturated heterocycles. The Morgan fingerprint density at radius 3 is 2.89 bits per heavy atom. The van der Waals surface area contributed by atoms with E-state index in [2.05, 4.69) is 38.0 Å². The number of hydrogen-bond donors (Lipinski definition) is 1. The second kappa shape index (κ2) is 6.13. The van der Waals surface area contributed by atoms with Crippen LogP contribution >= 0.6 is 11.3 Å². The molecule has 1 aliphatic heterocycles. The molecule has 2 heterocycles. The summed E-state index contributed by atoms with van der Waals surface area (Å²) in [4.78, 5) is 5.95. The van der Waals surface area contributed by atoms with Gasteiger partial charge in [0.1, 0.15) is 0 Å². The zero-order chi connectivity index (χ0) is 13.1. The number of aryl methyl sites for hydroxylation is 2. The maximum absolute atomic E-state index is 5.73. The van der Waals surface area contributed by atoms with Crippen LogP contribution in [-0.4, -0.2) is 24.2 Å². The Hall–Kier alpha value is -0.450. The van der Waals surface area contributed by atoms with Crippen LogP contribution in [0.1, 0.15) is 48.3 Å². The van der Waals surface area contributed by atoms with Gasteiger partial charge in [0.05, 0.1) is 16.8 Å². The highest BCUT2D eigenvalue weighted by Crippen LogP contribution is 2.25. The van der Waals surface area contributed by atoms with Crippen LogP contribution in [0, 0.1) is 19.8 Å². The highest BCUT2D eigenvalue weighted by Gasteiger charge is 2.27.